The molecule has 16 heavy (non-hydrogen) atoms. The molecule has 0 radical (unpaired) electrons. The lowest BCUT2D eigenvalue weighted by atomic mass is 10.1. The molecule has 0 fully saturated rings. The number of rotatable bonds is 3. The van der Waals surface area contributed by atoms with Crippen LogP contribution in [0.2, 0.25) is 0 Å². The predicted octanol–water partition coefficient (Wildman–Crippen LogP) is 1.85. The van der Waals surface area contributed by atoms with Crippen molar-refractivity contribution in [2.75, 3.05) is 0 Å². The number of aromatic nitrogens is 3. The van der Waals surface area contributed by atoms with Gasteiger partial charge in [0.1, 0.15) is 6.10 Å². The average Bonchev–Trinajstić information content (AvgIpc) is 2.68. The molecule has 84 valence electrons. The fraction of sp³-hybridized carbons (Fsp3) is 0.273. The van der Waals surface area contributed by atoms with Gasteiger partial charge in [0.05, 0.1) is 18.2 Å². The van der Waals surface area contributed by atoms with Gasteiger partial charge in [-0.25, -0.2) is 4.98 Å². The third-order valence-corrected chi connectivity index (χ3v) is 2.86. The van der Waals surface area contributed by atoms with Gasteiger partial charge in [-0.3, -0.25) is 4.98 Å². The van der Waals surface area contributed by atoms with Crippen LogP contribution in [-0.4, -0.2) is 19.6 Å². The van der Waals surface area contributed by atoms with Crippen LogP contribution in [0.3, 0.4) is 0 Å². The molecular formula is C11H12BrN3O. The van der Waals surface area contributed by atoms with E-state index in [1.807, 2.05) is 23.7 Å². The first-order valence-corrected chi connectivity index (χ1v) is 5.71. The zero-order valence-electron chi connectivity index (χ0n) is 8.84. The molecule has 2 aromatic heterocycles. The minimum atomic E-state index is -0.568. The maximum Gasteiger partial charge on any atom is 0.101 e. The molecule has 1 atom stereocenters. The van der Waals surface area contributed by atoms with Gasteiger partial charge in [0.15, 0.2) is 0 Å². The normalized spacial score (nSPS) is 12.7. The van der Waals surface area contributed by atoms with E-state index in [0.717, 1.165) is 15.9 Å². The van der Waals surface area contributed by atoms with Crippen LogP contribution in [0.25, 0.3) is 0 Å². The molecule has 2 rings (SSSR count). The van der Waals surface area contributed by atoms with Gasteiger partial charge in [-0.15, -0.1) is 0 Å². The van der Waals surface area contributed by atoms with E-state index in [9.17, 15) is 5.11 Å². The Morgan fingerprint density at radius 2 is 2.25 bits per heavy atom. The van der Waals surface area contributed by atoms with E-state index in [0.29, 0.717) is 6.42 Å². The molecule has 4 nitrogen and oxygen atoms in total. The summed E-state index contributed by atoms with van der Waals surface area (Å²) in [5.74, 6) is 0. The van der Waals surface area contributed by atoms with Gasteiger partial charge in [-0.2, -0.15) is 0 Å². The van der Waals surface area contributed by atoms with Crippen LogP contribution in [0.15, 0.2) is 35.3 Å². The summed E-state index contributed by atoms with van der Waals surface area (Å²) in [5.41, 5.74) is 1.65. The number of hydrogen-bond donors (Lipinski definition) is 1. The van der Waals surface area contributed by atoms with E-state index < -0.39 is 6.10 Å². The second-order valence-electron chi connectivity index (χ2n) is 3.62. The Bertz CT molecular complexity index is 466. The number of pyridine rings is 1. The summed E-state index contributed by atoms with van der Waals surface area (Å²) in [5, 5.41) is 10.0. The van der Waals surface area contributed by atoms with Crippen molar-refractivity contribution in [1.82, 2.24) is 14.5 Å². The van der Waals surface area contributed by atoms with Crippen molar-refractivity contribution in [2.24, 2.45) is 7.05 Å². The van der Waals surface area contributed by atoms with Crippen LogP contribution >= 0.6 is 15.9 Å². The molecule has 0 aliphatic carbocycles. The molecule has 0 bridgehead atoms. The van der Waals surface area contributed by atoms with Gasteiger partial charge in [-0.1, -0.05) is 0 Å². The third-order valence-electron chi connectivity index (χ3n) is 2.39. The van der Waals surface area contributed by atoms with Crippen LogP contribution in [0.5, 0.6) is 0 Å². The van der Waals surface area contributed by atoms with Crippen molar-refractivity contribution in [3.8, 4) is 0 Å². The fourth-order valence-electron chi connectivity index (χ4n) is 1.52. The molecule has 2 heterocycles. The summed E-state index contributed by atoms with van der Waals surface area (Å²) >= 11 is 3.32. The molecule has 0 amide bonds. The lowest BCUT2D eigenvalue weighted by Crippen LogP contribution is -2.07. The van der Waals surface area contributed by atoms with E-state index in [4.69, 9.17) is 0 Å². The Kier molecular flexibility index (Phi) is 3.36. The molecular weight excluding hydrogens is 270 g/mol. The van der Waals surface area contributed by atoms with Gasteiger partial charge in [0, 0.05) is 29.8 Å². The largest absolute Gasteiger partial charge is 0.386 e. The second kappa shape index (κ2) is 4.76. The van der Waals surface area contributed by atoms with Crippen LogP contribution in [0, 0.1) is 0 Å². The predicted molar refractivity (Wildman–Crippen MR) is 63.8 cm³/mol. The smallest absolute Gasteiger partial charge is 0.101 e. The van der Waals surface area contributed by atoms with Gasteiger partial charge >= 0.3 is 0 Å². The van der Waals surface area contributed by atoms with Crippen molar-refractivity contribution in [1.29, 1.82) is 0 Å². The van der Waals surface area contributed by atoms with E-state index in [2.05, 4.69) is 25.9 Å². The summed E-state index contributed by atoms with van der Waals surface area (Å²) in [6, 6.07) is 3.81. The molecule has 1 unspecified atom stereocenters. The molecule has 2 aromatic rings. The SMILES string of the molecule is Cn1cncc1C(O)Cc1ccc(Br)cn1. The standard InChI is InChI=1S/C11H12BrN3O/c1-15-7-13-6-10(15)11(16)4-9-3-2-8(12)5-14-9/h2-3,5-7,11,16H,4H2,1H3. The molecule has 0 aliphatic heterocycles. The number of hydrogen-bond acceptors (Lipinski definition) is 3. The van der Waals surface area contributed by atoms with Crippen molar-refractivity contribution >= 4 is 15.9 Å². The zero-order valence-corrected chi connectivity index (χ0v) is 10.4. The second-order valence-corrected chi connectivity index (χ2v) is 4.53. The van der Waals surface area contributed by atoms with E-state index >= 15 is 0 Å². The summed E-state index contributed by atoms with van der Waals surface area (Å²) in [7, 11) is 1.86. The number of aliphatic hydroxyl groups excluding tert-OH is 1. The van der Waals surface area contributed by atoms with Crippen molar-refractivity contribution in [2.45, 2.75) is 12.5 Å². The van der Waals surface area contributed by atoms with E-state index in [-0.39, 0.29) is 0 Å². The third kappa shape index (κ3) is 2.48. The highest BCUT2D eigenvalue weighted by atomic mass is 79.9. The minimum Gasteiger partial charge on any atom is -0.386 e. The Hall–Kier alpha value is -1.20. The van der Waals surface area contributed by atoms with E-state index in [1.54, 1.807) is 18.7 Å². The molecule has 0 spiro atoms. The lowest BCUT2D eigenvalue weighted by molar-refractivity contribution is 0.169. The summed E-state index contributed by atoms with van der Waals surface area (Å²) < 4.78 is 2.75. The quantitative estimate of drug-likeness (QED) is 0.934. The van der Waals surface area contributed by atoms with Crippen molar-refractivity contribution < 1.29 is 5.11 Å². The van der Waals surface area contributed by atoms with Crippen LogP contribution < -0.4 is 0 Å². The highest BCUT2D eigenvalue weighted by Gasteiger charge is 2.12. The number of aliphatic hydroxyl groups is 1. The summed E-state index contributed by atoms with van der Waals surface area (Å²) in [4.78, 5) is 8.19. The van der Waals surface area contributed by atoms with Gasteiger partial charge in [-0.05, 0) is 28.1 Å². The Balaban J connectivity index is 2.10. The minimum absolute atomic E-state index is 0.493. The molecule has 0 aromatic carbocycles. The van der Waals surface area contributed by atoms with Gasteiger partial charge in [0.25, 0.3) is 0 Å². The lowest BCUT2D eigenvalue weighted by Gasteiger charge is -2.10. The molecule has 0 saturated carbocycles. The summed E-state index contributed by atoms with van der Waals surface area (Å²) in [6.07, 6.45) is 5.00. The highest BCUT2D eigenvalue weighted by molar-refractivity contribution is 9.10. The van der Waals surface area contributed by atoms with Gasteiger partial charge < -0.3 is 9.67 Å². The monoisotopic (exact) mass is 281 g/mol. The van der Waals surface area contributed by atoms with Crippen molar-refractivity contribution in [3.05, 3.63) is 46.7 Å². The molecule has 1 N–H and O–H groups in total. The zero-order chi connectivity index (χ0) is 11.5. The molecule has 5 heteroatoms. The average molecular weight is 282 g/mol. The first-order valence-electron chi connectivity index (χ1n) is 4.91. The van der Waals surface area contributed by atoms with Crippen LogP contribution in [0.4, 0.5) is 0 Å². The first kappa shape index (κ1) is 11.3. The van der Waals surface area contributed by atoms with E-state index in [1.165, 1.54) is 0 Å². The number of aryl methyl sites for hydroxylation is 1. The topological polar surface area (TPSA) is 50.9 Å². The fourth-order valence-corrected chi connectivity index (χ4v) is 1.75. The van der Waals surface area contributed by atoms with Gasteiger partial charge in [0.2, 0.25) is 0 Å². The number of halogens is 1. The van der Waals surface area contributed by atoms with Crippen molar-refractivity contribution in [3.63, 3.8) is 0 Å². The van der Waals surface area contributed by atoms with Crippen LogP contribution in [0.1, 0.15) is 17.5 Å². The highest BCUT2D eigenvalue weighted by Crippen LogP contribution is 2.17. The number of imidazole rings is 1. The summed E-state index contributed by atoms with van der Waals surface area (Å²) in [6.45, 7) is 0. The Labute approximate surface area is 102 Å². The van der Waals surface area contributed by atoms with Crippen LogP contribution in [-0.2, 0) is 13.5 Å². The Morgan fingerprint density at radius 1 is 1.44 bits per heavy atom. The first-order chi connectivity index (χ1) is 7.66. The Morgan fingerprint density at radius 3 is 2.81 bits per heavy atom. The molecule has 0 aliphatic rings. The maximum absolute atomic E-state index is 10.0. The maximum atomic E-state index is 10.0. The number of nitrogens with zero attached hydrogens (tertiary/aromatic N) is 3. The molecule has 0 saturated heterocycles.